The molecule has 4 aromatic carbocycles. The average molecular weight is 605 g/mol. The SMILES string of the molecule is CC1CCC(c2ccc(-c3ccc(CCC(F)(F)Oc4ccc(-c5cc(F)c(F)c(F)c5)c(F)c4)c(F)c3F)cc2)CC1. The Morgan fingerprint density at radius 1 is 0.651 bits per heavy atom. The molecular weight excluding hydrogens is 576 g/mol. The Kier molecular flexibility index (Phi) is 8.81. The van der Waals surface area contributed by atoms with E-state index in [1.54, 1.807) is 12.1 Å². The van der Waals surface area contributed by atoms with Crippen LogP contribution in [-0.2, 0) is 6.42 Å². The summed E-state index contributed by atoms with van der Waals surface area (Å²) in [6, 6.07) is 13.5. The molecule has 0 amide bonds. The van der Waals surface area contributed by atoms with Crippen LogP contribution in [0.15, 0.2) is 66.7 Å². The molecule has 0 radical (unpaired) electrons. The van der Waals surface area contributed by atoms with Gasteiger partial charge in [0.2, 0.25) is 0 Å². The molecule has 0 saturated heterocycles. The van der Waals surface area contributed by atoms with E-state index in [2.05, 4.69) is 11.7 Å². The van der Waals surface area contributed by atoms with E-state index in [4.69, 9.17) is 0 Å². The topological polar surface area (TPSA) is 9.23 Å². The van der Waals surface area contributed by atoms with Crippen molar-refractivity contribution >= 4 is 0 Å². The minimum atomic E-state index is -3.89. The van der Waals surface area contributed by atoms with Gasteiger partial charge in [0.05, 0.1) is 6.42 Å². The van der Waals surface area contributed by atoms with Crippen LogP contribution in [-0.4, -0.2) is 6.11 Å². The van der Waals surface area contributed by atoms with Gasteiger partial charge in [0.15, 0.2) is 29.1 Å². The van der Waals surface area contributed by atoms with Crippen molar-refractivity contribution in [1.82, 2.24) is 0 Å². The number of ether oxygens (including phenoxy) is 1. The number of hydrogen-bond donors (Lipinski definition) is 0. The minimum absolute atomic E-state index is 0.0181. The fourth-order valence-corrected chi connectivity index (χ4v) is 5.54. The third-order valence-corrected chi connectivity index (χ3v) is 8.06. The zero-order valence-electron chi connectivity index (χ0n) is 23.2. The van der Waals surface area contributed by atoms with Crippen molar-refractivity contribution in [2.75, 3.05) is 0 Å². The van der Waals surface area contributed by atoms with E-state index in [0.717, 1.165) is 43.4 Å². The summed E-state index contributed by atoms with van der Waals surface area (Å²) in [7, 11) is 0. The predicted octanol–water partition coefficient (Wildman–Crippen LogP) is 10.8. The lowest BCUT2D eigenvalue weighted by Gasteiger charge is -2.26. The highest BCUT2D eigenvalue weighted by Crippen LogP contribution is 2.37. The Morgan fingerprint density at radius 3 is 1.91 bits per heavy atom. The van der Waals surface area contributed by atoms with E-state index in [1.807, 2.05) is 12.1 Å². The van der Waals surface area contributed by atoms with Crippen LogP contribution in [0.3, 0.4) is 0 Å². The molecule has 1 aliphatic rings. The fraction of sp³-hybridized carbons (Fsp3) is 0.294. The van der Waals surface area contributed by atoms with E-state index in [1.165, 1.54) is 12.1 Å². The molecule has 1 saturated carbocycles. The summed E-state index contributed by atoms with van der Waals surface area (Å²) in [4.78, 5) is 0. The maximum absolute atomic E-state index is 15.0. The second-order valence-electron chi connectivity index (χ2n) is 11.1. The van der Waals surface area contributed by atoms with E-state index in [0.29, 0.717) is 35.6 Å². The second kappa shape index (κ2) is 12.4. The molecule has 4 aromatic rings. The Morgan fingerprint density at radius 2 is 1.28 bits per heavy atom. The molecule has 0 N–H and O–H groups in total. The van der Waals surface area contributed by atoms with Crippen molar-refractivity contribution in [2.45, 2.75) is 57.5 Å². The first-order chi connectivity index (χ1) is 20.4. The Labute approximate surface area is 244 Å². The second-order valence-corrected chi connectivity index (χ2v) is 11.1. The first kappa shape index (κ1) is 30.6. The largest absolute Gasteiger partial charge is 0.432 e. The van der Waals surface area contributed by atoms with Gasteiger partial charge in [-0.15, -0.1) is 0 Å². The molecule has 43 heavy (non-hydrogen) atoms. The summed E-state index contributed by atoms with van der Waals surface area (Å²) in [5.74, 6) is -7.81. The number of hydrogen-bond acceptors (Lipinski definition) is 1. The van der Waals surface area contributed by atoms with Gasteiger partial charge in [-0.1, -0.05) is 56.2 Å². The van der Waals surface area contributed by atoms with Gasteiger partial charge >= 0.3 is 6.11 Å². The summed E-state index contributed by atoms with van der Waals surface area (Å²) in [5, 5.41) is 0. The third kappa shape index (κ3) is 6.86. The van der Waals surface area contributed by atoms with Crippen LogP contribution >= 0.6 is 0 Å². The highest BCUT2D eigenvalue weighted by Gasteiger charge is 2.32. The van der Waals surface area contributed by atoms with Crippen LogP contribution < -0.4 is 4.74 Å². The molecule has 0 atom stereocenters. The molecule has 1 aliphatic carbocycles. The molecule has 1 nitrogen and oxygen atoms in total. The van der Waals surface area contributed by atoms with Gasteiger partial charge in [-0.05, 0) is 77.6 Å². The highest BCUT2D eigenvalue weighted by molar-refractivity contribution is 5.66. The zero-order valence-corrected chi connectivity index (χ0v) is 23.2. The molecule has 5 rings (SSSR count). The Bertz CT molecular complexity index is 1580. The van der Waals surface area contributed by atoms with Crippen LogP contribution in [0.1, 0.15) is 56.1 Å². The Hall–Kier alpha value is -3.88. The lowest BCUT2D eigenvalue weighted by Crippen LogP contribution is -2.25. The van der Waals surface area contributed by atoms with Crippen LogP contribution in [0.25, 0.3) is 22.3 Å². The zero-order chi connectivity index (χ0) is 30.9. The van der Waals surface area contributed by atoms with Gasteiger partial charge in [0, 0.05) is 17.2 Å². The van der Waals surface area contributed by atoms with E-state index in [-0.39, 0.29) is 22.3 Å². The quantitative estimate of drug-likeness (QED) is 0.144. The van der Waals surface area contributed by atoms with Gasteiger partial charge in [-0.2, -0.15) is 8.78 Å². The van der Waals surface area contributed by atoms with Gasteiger partial charge in [-0.25, -0.2) is 26.3 Å². The maximum atomic E-state index is 15.0. The molecule has 1 fully saturated rings. The third-order valence-electron chi connectivity index (χ3n) is 8.06. The predicted molar refractivity (Wildman–Crippen MR) is 148 cm³/mol. The highest BCUT2D eigenvalue weighted by atomic mass is 19.3. The summed E-state index contributed by atoms with van der Waals surface area (Å²) >= 11 is 0. The van der Waals surface area contributed by atoms with Crippen molar-refractivity contribution in [2.24, 2.45) is 5.92 Å². The molecule has 226 valence electrons. The Balaban J connectivity index is 1.24. The number of aryl methyl sites for hydroxylation is 1. The molecule has 0 aliphatic heterocycles. The van der Waals surface area contributed by atoms with Gasteiger partial charge in [0.25, 0.3) is 0 Å². The average Bonchev–Trinajstić information content (AvgIpc) is 2.97. The first-order valence-corrected chi connectivity index (χ1v) is 14.0. The molecule has 0 bridgehead atoms. The lowest BCUT2D eigenvalue weighted by atomic mass is 9.79. The number of alkyl halides is 2. The van der Waals surface area contributed by atoms with Crippen LogP contribution in [0.2, 0.25) is 0 Å². The molecule has 9 heteroatoms. The van der Waals surface area contributed by atoms with Crippen molar-refractivity contribution in [3.05, 3.63) is 113 Å². The summed E-state index contributed by atoms with van der Waals surface area (Å²) < 4.78 is 119. The van der Waals surface area contributed by atoms with Gasteiger partial charge < -0.3 is 4.74 Å². The smallest absolute Gasteiger partial charge is 0.398 e. The van der Waals surface area contributed by atoms with Crippen molar-refractivity contribution < 1.29 is 39.9 Å². The standard InChI is InChI=1S/C34H28F8O/c1-19-2-4-20(5-3-19)21-6-8-22(9-7-21)27-12-10-23(31(38)32(27)39)14-15-34(41,42)43-25-11-13-26(28(35)18-25)24-16-29(36)33(40)30(37)17-24/h6-13,16-20H,2-5,14-15H2,1H3. The molecular formula is C34H28F8O. The normalized spacial score (nSPS) is 17.2. The first-order valence-electron chi connectivity index (χ1n) is 14.0. The molecule has 0 heterocycles. The van der Waals surface area contributed by atoms with Crippen molar-refractivity contribution in [1.29, 1.82) is 0 Å². The van der Waals surface area contributed by atoms with Crippen LogP contribution in [0.5, 0.6) is 5.75 Å². The van der Waals surface area contributed by atoms with Gasteiger partial charge in [0.1, 0.15) is 11.6 Å². The molecule has 0 spiro atoms. The molecule has 0 aromatic heterocycles. The van der Waals surface area contributed by atoms with Crippen molar-refractivity contribution in [3.8, 4) is 28.0 Å². The van der Waals surface area contributed by atoms with E-state index >= 15 is 4.39 Å². The van der Waals surface area contributed by atoms with E-state index in [9.17, 15) is 30.7 Å². The number of benzene rings is 4. The lowest BCUT2D eigenvalue weighted by molar-refractivity contribution is -0.180. The van der Waals surface area contributed by atoms with Crippen LogP contribution in [0.4, 0.5) is 35.1 Å². The molecule has 0 unspecified atom stereocenters. The summed E-state index contributed by atoms with van der Waals surface area (Å²) in [6.45, 7) is 2.24. The summed E-state index contributed by atoms with van der Waals surface area (Å²) in [5.41, 5.74) is 0.653. The van der Waals surface area contributed by atoms with Crippen LogP contribution in [0, 0.1) is 40.8 Å². The summed E-state index contributed by atoms with van der Waals surface area (Å²) in [6.07, 6.45) is -1.03. The maximum Gasteiger partial charge on any atom is 0.398 e. The number of rotatable bonds is 8. The number of halogens is 8. The fourth-order valence-electron chi connectivity index (χ4n) is 5.54. The monoisotopic (exact) mass is 604 g/mol. The van der Waals surface area contributed by atoms with Crippen molar-refractivity contribution in [3.63, 3.8) is 0 Å². The minimum Gasteiger partial charge on any atom is -0.432 e. The van der Waals surface area contributed by atoms with E-state index < -0.39 is 59.6 Å². The van der Waals surface area contributed by atoms with Gasteiger partial charge in [-0.3, -0.25) is 0 Å².